The lowest BCUT2D eigenvalue weighted by Crippen LogP contribution is -2.39. The molecule has 1 unspecified atom stereocenters. The summed E-state index contributed by atoms with van der Waals surface area (Å²) in [5, 5.41) is 16.4. The SMILES string of the molecule is COCC(CC(C)C)(Oc1c[c]cc(O)c1)c1cn[nH]c1. The molecule has 113 valence electrons. The average molecular weight is 289 g/mol. The molecule has 0 saturated carbocycles. The lowest BCUT2D eigenvalue weighted by atomic mass is 9.87. The number of aromatic hydroxyl groups is 1. The Morgan fingerprint density at radius 2 is 2.24 bits per heavy atom. The van der Waals surface area contributed by atoms with E-state index in [1.807, 2.05) is 6.20 Å². The monoisotopic (exact) mass is 289 g/mol. The minimum Gasteiger partial charge on any atom is -0.508 e. The summed E-state index contributed by atoms with van der Waals surface area (Å²) in [6, 6.07) is 7.61. The summed E-state index contributed by atoms with van der Waals surface area (Å²) in [6.07, 6.45) is 4.32. The van der Waals surface area contributed by atoms with Crippen molar-refractivity contribution in [1.82, 2.24) is 10.2 Å². The van der Waals surface area contributed by atoms with E-state index >= 15 is 0 Å². The Morgan fingerprint density at radius 1 is 1.43 bits per heavy atom. The number of rotatable bonds is 7. The van der Waals surface area contributed by atoms with Crippen molar-refractivity contribution in [2.45, 2.75) is 25.9 Å². The highest BCUT2D eigenvalue weighted by Crippen LogP contribution is 2.35. The van der Waals surface area contributed by atoms with E-state index < -0.39 is 5.60 Å². The first-order valence-electron chi connectivity index (χ1n) is 6.93. The Morgan fingerprint density at radius 3 is 2.81 bits per heavy atom. The number of hydrogen-bond acceptors (Lipinski definition) is 4. The molecule has 5 heteroatoms. The number of aromatic amines is 1. The molecule has 1 radical (unpaired) electrons. The van der Waals surface area contributed by atoms with Crippen molar-refractivity contribution >= 4 is 0 Å². The van der Waals surface area contributed by atoms with Crippen LogP contribution in [0.15, 0.2) is 30.6 Å². The molecule has 0 saturated heterocycles. The maximum atomic E-state index is 9.59. The van der Waals surface area contributed by atoms with Crippen LogP contribution in [0, 0.1) is 12.0 Å². The van der Waals surface area contributed by atoms with Crippen molar-refractivity contribution in [3.8, 4) is 11.5 Å². The van der Waals surface area contributed by atoms with Crippen LogP contribution >= 0.6 is 0 Å². The molecule has 2 N–H and O–H groups in total. The van der Waals surface area contributed by atoms with E-state index in [2.05, 4.69) is 30.1 Å². The Bertz CT molecular complexity index is 554. The van der Waals surface area contributed by atoms with E-state index in [4.69, 9.17) is 9.47 Å². The number of methoxy groups -OCH3 is 1. The van der Waals surface area contributed by atoms with Crippen LogP contribution in [0.25, 0.3) is 0 Å². The predicted octanol–water partition coefficient (Wildman–Crippen LogP) is 2.88. The van der Waals surface area contributed by atoms with Crippen molar-refractivity contribution in [2.75, 3.05) is 13.7 Å². The molecule has 0 fully saturated rings. The van der Waals surface area contributed by atoms with Gasteiger partial charge in [0.25, 0.3) is 0 Å². The molecule has 5 nitrogen and oxygen atoms in total. The summed E-state index contributed by atoms with van der Waals surface area (Å²) in [5.74, 6) is 1.07. The van der Waals surface area contributed by atoms with Gasteiger partial charge >= 0.3 is 0 Å². The van der Waals surface area contributed by atoms with E-state index in [0.717, 1.165) is 12.0 Å². The standard InChI is InChI=1S/C16H21N2O3/c1-12(2)8-16(11-20-3,13-9-17-18-10-13)21-15-6-4-5-14(19)7-15/h5-7,9-10,12,19H,8,11H2,1-3H3,(H,17,18). The molecule has 1 aromatic heterocycles. The van der Waals surface area contributed by atoms with E-state index in [-0.39, 0.29) is 5.75 Å². The van der Waals surface area contributed by atoms with Gasteiger partial charge in [0.15, 0.2) is 5.60 Å². The van der Waals surface area contributed by atoms with Gasteiger partial charge in [0.05, 0.1) is 12.8 Å². The first-order valence-corrected chi connectivity index (χ1v) is 6.93. The Labute approximate surface area is 124 Å². The summed E-state index contributed by atoms with van der Waals surface area (Å²) in [4.78, 5) is 0. The van der Waals surface area contributed by atoms with E-state index in [9.17, 15) is 5.11 Å². The van der Waals surface area contributed by atoms with Gasteiger partial charge in [-0.1, -0.05) is 13.8 Å². The van der Waals surface area contributed by atoms with Gasteiger partial charge in [-0.2, -0.15) is 5.10 Å². The van der Waals surface area contributed by atoms with Gasteiger partial charge < -0.3 is 14.6 Å². The second kappa shape index (κ2) is 6.63. The highest BCUT2D eigenvalue weighted by Gasteiger charge is 2.36. The number of aromatic nitrogens is 2. The number of ether oxygens (including phenoxy) is 2. The van der Waals surface area contributed by atoms with Crippen molar-refractivity contribution in [3.05, 3.63) is 42.2 Å². The topological polar surface area (TPSA) is 67.4 Å². The summed E-state index contributed by atoms with van der Waals surface area (Å²) in [7, 11) is 1.65. The maximum absolute atomic E-state index is 9.59. The molecule has 0 aliphatic rings. The van der Waals surface area contributed by atoms with Gasteiger partial charge in [0.2, 0.25) is 0 Å². The smallest absolute Gasteiger partial charge is 0.160 e. The lowest BCUT2D eigenvalue weighted by Gasteiger charge is -2.34. The van der Waals surface area contributed by atoms with Gasteiger partial charge in [-0.15, -0.1) is 0 Å². The van der Waals surface area contributed by atoms with E-state index in [1.165, 1.54) is 6.07 Å². The zero-order chi connectivity index (χ0) is 15.3. The van der Waals surface area contributed by atoms with Gasteiger partial charge in [-0.05, 0) is 30.5 Å². The average Bonchev–Trinajstić information content (AvgIpc) is 2.92. The fraction of sp³-hybridized carbons (Fsp3) is 0.438. The number of benzene rings is 1. The molecule has 2 aromatic rings. The van der Waals surface area contributed by atoms with Crippen LogP contribution in [0.3, 0.4) is 0 Å². The predicted molar refractivity (Wildman–Crippen MR) is 79.2 cm³/mol. The summed E-state index contributed by atoms with van der Waals surface area (Å²) >= 11 is 0. The second-order valence-electron chi connectivity index (χ2n) is 5.54. The molecular weight excluding hydrogens is 268 g/mol. The van der Waals surface area contributed by atoms with Crippen molar-refractivity contribution in [3.63, 3.8) is 0 Å². The number of H-pyrrole nitrogens is 1. The number of hydrogen-bond donors (Lipinski definition) is 2. The lowest BCUT2D eigenvalue weighted by molar-refractivity contribution is -0.0290. The summed E-state index contributed by atoms with van der Waals surface area (Å²) in [5.41, 5.74) is 0.263. The highest BCUT2D eigenvalue weighted by molar-refractivity contribution is 5.32. The normalized spacial score (nSPS) is 14.1. The quantitative estimate of drug-likeness (QED) is 0.822. The van der Waals surface area contributed by atoms with Crippen LogP contribution in [-0.4, -0.2) is 29.0 Å². The minimum absolute atomic E-state index is 0.121. The third kappa shape index (κ3) is 3.76. The van der Waals surface area contributed by atoms with Crippen LogP contribution in [0.4, 0.5) is 0 Å². The zero-order valence-electron chi connectivity index (χ0n) is 12.6. The number of phenolic OH excluding ortho intramolecular Hbond substituents is 1. The molecule has 0 amide bonds. The molecule has 2 rings (SSSR count). The highest BCUT2D eigenvalue weighted by atomic mass is 16.5. The third-order valence-electron chi connectivity index (χ3n) is 3.20. The van der Waals surface area contributed by atoms with Crippen LogP contribution in [0.1, 0.15) is 25.8 Å². The first kappa shape index (κ1) is 15.4. The first-order chi connectivity index (χ1) is 10.1. The largest absolute Gasteiger partial charge is 0.508 e. The molecule has 0 aliphatic carbocycles. The van der Waals surface area contributed by atoms with E-state index in [1.54, 1.807) is 25.4 Å². The second-order valence-corrected chi connectivity index (χ2v) is 5.54. The third-order valence-corrected chi connectivity index (χ3v) is 3.20. The van der Waals surface area contributed by atoms with Gasteiger partial charge in [0, 0.05) is 24.9 Å². The molecule has 1 aromatic carbocycles. The molecule has 1 atom stereocenters. The molecule has 0 bridgehead atoms. The van der Waals surface area contributed by atoms with Crippen molar-refractivity contribution in [2.24, 2.45) is 5.92 Å². The van der Waals surface area contributed by atoms with E-state index in [0.29, 0.717) is 18.3 Å². The van der Waals surface area contributed by atoms with Gasteiger partial charge in [-0.3, -0.25) is 5.10 Å². The summed E-state index contributed by atoms with van der Waals surface area (Å²) in [6.45, 7) is 4.64. The van der Waals surface area contributed by atoms with Crippen LogP contribution in [-0.2, 0) is 10.3 Å². The van der Waals surface area contributed by atoms with Crippen LogP contribution < -0.4 is 4.74 Å². The molecule has 0 spiro atoms. The van der Waals surface area contributed by atoms with Gasteiger partial charge in [-0.25, -0.2) is 0 Å². The minimum atomic E-state index is -0.655. The zero-order valence-corrected chi connectivity index (χ0v) is 12.6. The van der Waals surface area contributed by atoms with Crippen molar-refractivity contribution in [1.29, 1.82) is 0 Å². The number of nitrogens with zero attached hydrogens (tertiary/aromatic N) is 1. The van der Waals surface area contributed by atoms with Crippen molar-refractivity contribution < 1.29 is 14.6 Å². The Kier molecular flexibility index (Phi) is 4.85. The van der Waals surface area contributed by atoms with Gasteiger partial charge in [0.1, 0.15) is 11.5 Å². The molecular formula is C16H21N2O3. The Balaban J connectivity index is 2.38. The fourth-order valence-corrected chi connectivity index (χ4v) is 2.51. The number of phenols is 1. The maximum Gasteiger partial charge on any atom is 0.160 e. The van der Waals surface area contributed by atoms with Crippen LogP contribution in [0.5, 0.6) is 11.5 Å². The Hall–Kier alpha value is -2.01. The summed E-state index contributed by atoms with van der Waals surface area (Å²) < 4.78 is 11.6. The molecule has 0 aliphatic heterocycles. The fourth-order valence-electron chi connectivity index (χ4n) is 2.51. The number of nitrogens with one attached hydrogen (secondary N) is 1. The van der Waals surface area contributed by atoms with Crippen LogP contribution in [0.2, 0.25) is 0 Å². The molecule has 1 heterocycles. The molecule has 21 heavy (non-hydrogen) atoms.